The number of nitriles is 1. The molecule has 18 heavy (non-hydrogen) atoms. The molecule has 0 aromatic heterocycles. The molecule has 0 spiro atoms. The number of alkyl halides is 1. The van der Waals surface area contributed by atoms with Crippen molar-refractivity contribution in [2.24, 2.45) is 0 Å². The Morgan fingerprint density at radius 3 is 2.50 bits per heavy atom. The first kappa shape index (κ1) is 12.5. The number of rotatable bonds is 4. The van der Waals surface area contributed by atoms with Gasteiger partial charge in [0.2, 0.25) is 0 Å². The monoisotopic (exact) mass is 256 g/mol. The van der Waals surface area contributed by atoms with E-state index in [2.05, 4.69) is 11.4 Å². The van der Waals surface area contributed by atoms with Gasteiger partial charge in [-0.05, 0) is 23.3 Å². The molecule has 2 rings (SSSR count). The largest absolute Gasteiger partial charge is 0.380 e. The topological polar surface area (TPSA) is 35.8 Å². The Balaban J connectivity index is 2.12. The van der Waals surface area contributed by atoms with Crippen LogP contribution >= 0.6 is 11.6 Å². The van der Waals surface area contributed by atoms with E-state index in [9.17, 15) is 0 Å². The van der Waals surface area contributed by atoms with Gasteiger partial charge in [0.05, 0.1) is 11.3 Å². The average molecular weight is 257 g/mol. The summed E-state index contributed by atoms with van der Waals surface area (Å²) in [6.07, 6.45) is 0. The third kappa shape index (κ3) is 3.03. The van der Waals surface area contributed by atoms with Crippen molar-refractivity contribution >= 4 is 17.3 Å². The Kier molecular flexibility index (Phi) is 4.22. The van der Waals surface area contributed by atoms with Crippen LogP contribution in [0.4, 0.5) is 5.69 Å². The van der Waals surface area contributed by atoms with Crippen molar-refractivity contribution in [1.82, 2.24) is 0 Å². The van der Waals surface area contributed by atoms with Crippen LogP contribution in [0, 0.1) is 11.3 Å². The highest BCUT2D eigenvalue weighted by atomic mass is 35.5. The van der Waals surface area contributed by atoms with E-state index in [1.165, 1.54) is 5.56 Å². The summed E-state index contributed by atoms with van der Waals surface area (Å²) < 4.78 is 0. The van der Waals surface area contributed by atoms with Crippen molar-refractivity contribution in [3.05, 3.63) is 65.2 Å². The van der Waals surface area contributed by atoms with Gasteiger partial charge in [0.25, 0.3) is 0 Å². The molecule has 2 aromatic rings. The lowest BCUT2D eigenvalue weighted by molar-refractivity contribution is 1.14. The van der Waals surface area contributed by atoms with E-state index in [4.69, 9.17) is 16.9 Å². The molecule has 0 radical (unpaired) electrons. The lowest BCUT2D eigenvalue weighted by atomic mass is 10.1. The van der Waals surface area contributed by atoms with Gasteiger partial charge in [-0.2, -0.15) is 5.26 Å². The van der Waals surface area contributed by atoms with Crippen molar-refractivity contribution < 1.29 is 0 Å². The van der Waals surface area contributed by atoms with Crippen LogP contribution in [0.5, 0.6) is 0 Å². The fourth-order valence-corrected chi connectivity index (χ4v) is 1.88. The zero-order chi connectivity index (χ0) is 12.8. The molecular weight excluding hydrogens is 244 g/mol. The van der Waals surface area contributed by atoms with Gasteiger partial charge in [-0.3, -0.25) is 0 Å². The van der Waals surface area contributed by atoms with Gasteiger partial charge in [-0.25, -0.2) is 0 Å². The second-order valence-corrected chi connectivity index (χ2v) is 4.23. The lowest BCUT2D eigenvalue weighted by Crippen LogP contribution is -2.01. The van der Waals surface area contributed by atoms with Crippen LogP contribution in [0.1, 0.15) is 16.7 Å². The predicted octanol–water partition coefficient (Wildman–Crippen LogP) is 3.91. The molecule has 0 aliphatic carbocycles. The van der Waals surface area contributed by atoms with Crippen LogP contribution in [0.3, 0.4) is 0 Å². The molecular formula is C15H13ClN2. The second-order valence-electron chi connectivity index (χ2n) is 3.96. The number of nitrogens with zero attached hydrogens (tertiary/aromatic N) is 1. The molecule has 2 nitrogen and oxygen atoms in total. The minimum absolute atomic E-state index is 0.424. The maximum atomic E-state index is 9.10. The van der Waals surface area contributed by atoms with Gasteiger partial charge in [-0.1, -0.05) is 36.4 Å². The molecule has 3 heteroatoms. The number of benzene rings is 2. The number of hydrogen-bond donors (Lipinski definition) is 1. The maximum absolute atomic E-state index is 9.10. The van der Waals surface area contributed by atoms with Gasteiger partial charge in [0.15, 0.2) is 0 Å². The van der Waals surface area contributed by atoms with Crippen LogP contribution in [0.15, 0.2) is 48.5 Å². The SMILES string of the molecule is N#Cc1cc(CCl)ccc1NCc1ccccc1. The van der Waals surface area contributed by atoms with Crippen LogP contribution in [0.25, 0.3) is 0 Å². The first-order chi connectivity index (χ1) is 8.83. The zero-order valence-corrected chi connectivity index (χ0v) is 10.6. The highest BCUT2D eigenvalue weighted by molar-refractivity contribution is 6.17. The molecule has 0 atom stereocenters. The highest BCUT2D eigenvalue weighted by Gasteiger charge is 2.03. The van der Waals surface area contributed by atoms with Gasteiger partial charge in [0.1, 0.15) is 6.07 Å². The number of anilines is 1. The first-order valence-corrected chi connectivity index (χ1v) is 6.23. The molecule has 2 aromatic carbocycles. The van der Waals surface area contributed by atoms with E-state index < -0.39 is 0 Å². The molecule has 0 unspecified atom stereocenters. The summed E-state index contributed by atoms with van der Waals surface area (Å²) in [5.41, 5.74) is 3.61. The van der Waals surface area contributed by atoms with E-state index in [0.717, 1.165) is 11.3 Å². The Morgan fingerprint density at radius 2 is 1.83 bits per heavy atom. The van der Waals surface area contributed by atoms with Crippen molar-refractivity contribution in [1.29, 1.82) is 5.26 Å². The predicted molar refractivity (Wildman–Crippen MR) is 74.5 cm³/mol. The maximum Gasteiger partial charge on any atom is 0.101 e. The van der Waals surface area contributed by atoms with Crippen molar-refractivity contribution in [3.63, 3.8) is 0 Å². The number of halogens is 1. The minimum Gasteiger partial charge on any atom is -0.380 e. The molecule has 0 aliphatic heterocycles. The molecule has 1 N–H and O–H groups in total. The van der Waals surface area contributed by atoms with Gasteiger partial charge < -0.3 is 5.32 Å². The fourth-order valence-electron chi connectivity index (χ4n) is 1.71. The molecule has 90 valence electrons. The van der Waals surface area contributed by atoms with E-state index >= 15 is 0 Å². The Bertz CT molecular complexity index is 558. The van der Waals surface area contributed by atoms with Crippen molar-refractivity contribution in [3.8, 4) is 6.07 Å². The van der Waals surface area contributed by atoms with Crippen LogP contribution in [-0.4, -0.2) is 0 Å². The standard InChI is InChI=1S/C15H13ClN2/c16-9-13-6-7-15(14(8-13)10-17)18-11-12-4-2-1-3-5-12/h1-8,18H,9,11H2. The van der Waals surface area contributed by atoms with E-state index in [1.54, 1.807) is 0 Å². The molecule has 0 amide bonds. The summed E-state index contributed by atoms with van der Waals surface area (Å²) in [5, 5.41) is 12.4. The molecule has 0 heterocycles. The zero-order valence-electron chi connectivity index (χ0n) is 9.86. The van der Waals surface area contributed by atoms with E-state index in [0.29, 0.717) is 18.0 Å². The molecule has 0 aliphatic rings. The summed E-state index contributed by atoms with van der Waals surface area (Å²) >= 11 is 5.75. The summed E-state index contributed by atoms with van der Waals surface area (Å²) in [5.74, 6) is 0.424. The van der Waals surface area contributed by atoms with E-state index in [1.807, 2.05) is 48.5 Å². The molecule has 0 fully saturated rings. The normalized spacial score (nSPS) is 9.78. The number of nitrogens with one attached hydrogen (secondary N) is 1. The third-order valence-electron chi connectivity index (χ3n) is 2.68. The lowest BCUT2D eigenvalue weighted by Gasteiger charge is -2.09. The minimum atomic E-state index is 0.424. The van der Waals surface area contributed by atoms with Crippen LogP contribution in [0.2, 0.25) is 0 Å². The van der Waals surface area contributed by atoms with E-state index in [-0.39, 0.29) is 0 Å². The summed E-state index contributed by atoms with van der Waals surface area (Å²) in [7, 11) is 0. The second kappa shape index (κ2) is 6.09. The summed E-state index contributed by atoms with van der Waals surface area (Å²) in [4.78, 5) is 0. The smallest absolute Gasteiger partial charge is 0.101 e. The highest BCUT2D eigenvalue weighted by Crippen LogP contribution is 2.18. The summed E-state index contributed by atoms with van der Waals surface area (Å²) in [6, 6.07) is 17.9. The van der Waals surface area contributed by atoms with Gasteiger partial charge in [0, 0.05) is 12.4 Å². The Morgan fingerprint density at radius 1 is 1.06 bits per heavy atom. The van der Waals surface area contributed by atoms with Gasteiger partial charge in [-0.15, -0.1) is 11.6 Å². The molecule has 0 saturated heterocycles. The molecule has 0 saturated carbocycles. The summed E-state index contributed by atoms with van der Waals surface area (Å²) in [6.45, 7) is 0.704. The molecule has 0 bridgehead atoms. The number of hydrogen-bond acceptors (Lipinski definition) is 2. The van der Waals surface area contributed by atoms with Crippen LogP contribution in [-0.2, 0) is 12.4 Å². The average Bonchev–Trinajstić information content (AvgIpc) is 2.46. The fraction of sp³-hybridized carbons (Fsp3) is 0.133. The Hall–Kier alpha value is -1.98. The van der Waals surface area contributed by atoms with Crippen LogP contribution < -0.4 is 5.32 Å². The quantitative estimate of drug-likeness (QED) is 0.842. The van der Waals surface area contributed by atoms with Crippen molar-refractivity contribution in [2.75, 3.05) is 5.32 Å². The van der Waals surface area contributed by atoms with Crippen molar-refractivity contribution in [2.45, 2.75) is 12.4 Å². The Labute approximate surface area is 112 Å². The first-order valence-electron chi connectivity index (χ1n) is 5.70. The van der Waals surface area contributed by atoms with Gasteiger partial charge >= 0.3 is 0 Å². The third-order valence-corrected chi connectivity index (χ3v) is 2.99.